The van der Waals surface area contributed by atoms with Gasteiger partial charge in [-0.15, -0.1) is 0 Å². The molecule has 0 aromatic heterocycles. The molecule has 2 heterocycles. The molecule has 3 fully saturated rings. The van der Waals surface area contributed by atoms with Crippen molar-refractivity contribution in [1.82, 2.24) is 9.80 Å². The molecule has 0 amide bonds. The first-order valence-electron chi connectivity index (χ1n) is 7.51. The van der Waals surface area contributed by atoms with E-state index in [-0.39, 0.29) is 6.10 Å². The summed E-state index contributed by atoms with van der Waals surface area (Å²) in [6.07, 6.45) is 8.83. The standard InChI is InChI=1S/C14H26N2O/c17-14-6-2-1-5-13(14)16-10-7-12(11-16)15-8-3-4-9-15/h12-14,17H,1-11H2/t12?,13-,14-/m1/s1. The van der Waals surface area contributed by atoms with E-state index in [1.54, 1.807) is 0 Å². The Morgan fingerprint density at radius 2 is 1.53 bits per heavy atom. The average molecular weight is 238 g/mol. The summed E-state index contributed by atoms with van der Waals surface area (Å²) in [4.78, 5) is 5.25. The van der Waals surface area contributed by atoms with Crippen LogP contribution >= 0.6 is 0 Å². The van der Waals surface area contributed by atoms with Crippen molar-refractivity contribution in [3.63, 3.8) is 0 Å². The van der Waals surface area contributed by atoms with E-state index in [9.17, 15) is 5.11 Å². The van der Waals surface area contributed by atoms with Crippen LogP contribution in [0.5, 0.6) is 0 Å². The number of rotatable bonds is 2. The average Bonchev–Trinajstić information content (AvgIpc) is 3.00. The lowest BCUT2D eigenvalue weighted by molar-refractivity contribution is 0.0279. The van der Waals surface area contributed by atoms with Gasteiger partial charge in [-0.05, 0) is 45.2 Å². The van der Waals surface area contributed by atoms with Gasteiger partial charge in [0.2, 0.25) is 0 Å². The lowest BCUT2D eigenvalue weighted by Crippen LogP contribution is -2.45. The molecule has 98 valence electrons. The Kier molecular flexibility index (Phi) is 3.69. The van der Waals surface area contributed by atoms with E-state index in [1.807, 2.05) is 0 Å². The van der Waals surface area contributed by atoms with Crippen molar-refractivity contribution in [3.05, 3.63) is 0 Å². The summed E-state index contributed by atoms with van der Waals surface area (Å²) in [7, 11) is 0. The monoisotopic (exact) mass is 238 g/mol. The summed E-state index contributed by atoms with van der Waals surface area (Å²) in [6, 6.07) is 1.25. The van der Waals surface area contributed by atoms with Gasteiger partial charge in [0.15, 0.2) is 0 Å². The van der Waals surface area contributed by atoms with E-state index in [0.29, 0.717) is 6.04 Å². The van der Waals surface area contributed by atoms with Gasteiger partial charge in [-0.3, -0.25) is 9.80 Å². The first-order valence-corrected chi connectivity index (χ1v) is 7.51. The van der Waals surface area contributed by atoms with Gasteiger partial charge in [0.05, 0.1) is 6.10 Å². The molecule has 0 aromatic rings. The van der Waals surface area contributed by atoms with Gasteiger partial charge in [-0.25, -0.2) is 0 Å². The van der Waals surface area contributed by atoms with Gasteiger partial charge in [0.25, 0.3) is 0 Å². The van der Waals surface area contributed by atoms with Gasteiger partial charge in [0, 0.05) is 25.2 Å². The smallest absolute Gasteiger partial charge is 0.0695 e. The van der Waals surface area contributed by atoms with Crippen LogP contribution in [0.4, 0.5) is 0 Å². The van der Waals surface area contributed by atoms with Crippen molar-refractivity contribution < 1.29 is 5.11 Å². The maximum Gasteiger partial charge on any atom is 0.0695 e. The summed E-state index contributed by atoms with van der Waals surface area (Å²) in [5.41, 5.74) is 0. The molecule has 2 aliphatic heterocycles. The molecule has 0 aromatic carbocycles. The molecule has 3 aliphatic rings. The second-order valence-corrected chi connectivity index (χ2v) is 6.10. The largest absolute Gasteiger partial charge is 0.391 e. The lowest BCUT2D eigenvalue weighted by Gasteiger charge is -2.35. The summed E-state index contributed by atoms with van der Waals surface area (Å²) in [6.45, 7) is 5.04. The summed E-state index contributed by atoms with van der Waals surface area (Å²) >= 11 is 0. The van der Waals surface area contributed by atoms with Gasteiger partial charge >= 0.3 is 0 Å². The topological polar surface area (TPSA) is 26.7 Å². The van der Waals surface area contributed by atoms with Crippen LogP contribution in [0, 0.1) is 0 Å². The highest BCUT2D eigenvalue weighted by molar-refractivity contribution is 4.92. The molecule has 3 rings (SSSR count). The fourth-order valence-electron chi connectivity index (χ4n) is 3.99. The minimum atomic E-state index is -0.0546. The van der Waals surface area contributed by atoms with Crippen molar-refractivity contribution in [1.29, 1.82) is 0 Å². The molecule has 1 unspecified atom stereocenters. The van der Waals surface area contributed by atoms with Crippen molar-refractivity contribution >= 4 is 0 Å². The van der Waals surface area contributed by atoms with Crippen molar-refractivity contribution in [2.24, 2.45) is 0 Å². The van der Waals surface area contributed by atoms with Crippen LogP contribution < -0.4 is 0 Å². The SMILES string of the molecule is O[C@@H]1CCCC[C@H]1N1CCC(N2CCCC2)C1. The van der Waals surface area contributed by atoms with Crippen LogP contribution in [0.15, 0.2) is 0 Å². The molecule has 17 heavy (non-hydrogen) atoms. The highest BCUT2D eigenvalue weighted by Crippen LogP contribution is 2.28. The molecular weight excluding hydrogens is 212 g/mol. The molecule has 1 saturated carbocycles. The third kappa shape index (κ3) is 2.51. The van der Waals surface area contributed by atoms with E-state index in [0.717, 1.165) is 12.5 Å². The van der Waals surface area contributed by atoms with Crippen LogP contribution in [-0.2, 0) is 0 Å². The summed E-state index contributed by atoms with van der Waals surface area (Å²) in [5, 5.41) is 10.1. The first kappa shape index (κ1) is 11.9. The van der Waals surface area contributed by atoms with Crippen LogP contribution in [0.25, 0.3) is 0 Å². The highest BCUT2D eigenvalue weighted by atomic mass is 16.3. The Morgan fingerprint density at radius 1 is 0.765 bits per heavy atom. The van der Waals surface area contributed by atoms with E-state index in [2.05, 4.69) is 9.80 Å². The van der Waals surface area contributed by atoms with E-state index in [1.165, 1.54) is 64.7 Å². The Labute approximate surface area is 105 Å². The fraction of sp³-hybridized carbons (Fsp3) is 1.00. The summed E-state index contributed by atoms with van der Waals surface area (Å²) in [5.74, 6) is 0. The number of aliphatic hydroxyl groups excluding tert-OH is 1. The van der Waals surface area contributed by atoms with Gasteiger partial charge in [-0.2, -0.15) is 0 Å². The normalized spacial score (nSPS) is 41.1. The Hall–Kier alpha value is -0.120. The van der Waals surface area contributed by atoms with E-state index >= 15 is 0 Å². The molecule has 1 N–H and O–H groups in total. The highest BCUT2D eigenvalue weighted by Gasteiger charge is 2.36. The molecule has 0 spiro atoms. The second kappa shape index (κ2) is 5.25. The number of likely N-dealkylation sites (tertiary alicyclic amines) is 2. The number of hydrogen-bond donors (Lipinski definition) is 1. The lowest BCUT2D eigenvalue weighted by atomic mass is 9.91. The predicted molar refractivity (Wildman–Crippen MR) is 69.0 cm³/mol. The minimum absolute atomic E-state index is 0.0546. The minimum Gasteiger partial charge on any atom is -0.391 e. The van der Waals surface area contributed by atoms with Gasteiger partial charge in [0.1, 0.15) is 0 Å². The first-order chi connectivity index (χ1) is 8.34. The molecule has 3 nitrogen and oxygen atoms in total. The molecule has 0 radical (unpaired) electrons. The zero-order valence-electron chi connectivity index (χ0n) is 10.9. The molecule has 1 aliphatic carbocycles. The molecule has 2 saturated heterocycles. The van der Waals surface area contributed by atoms with Gasteiger partial charge < -0.3 is 5.11 Å². The molecule has 3 heteroatoms. The van der Waals surface area contributed by atoms with Crippen molar-refractivity contribution in [2.45, 2.75) is 63.1 Å². The van der Waals surface area contributed by atoms with Crippen LogP contribution in [0.3, 0.4) is 0 Å². The number of hydrogen-bond acceptors (Lipinski definition) is 3. The molecular formula is C14H26N2O. The van der Waals surface area contributed by atoms with E-state index < -0.39 is 0 Å². The Morgan fingerprint density at radius 3 is 2.29 bits per heavy atom. The zero-order valence-corrected chi connectivity index (χ0v) is 10.9. The zero-order chi connectivity index (χ0) is 11.7. The Bertz CT molecular complexity index is 253. The Balaban J connectivity index is 1.55. The quantitative estimate of drug-likeness (QED) is 0.789. The van der Waals surface area contributed by atoms with Crippen LogP contribution in [-0.4, -0.2) is 59.3 Å². The number of nitrogens with zero attached hydrogens (tertiary/aromatic N) is 2. The molecule has 0 bridgehead atoms. The van der Waals surface area contributed by atoms with Crippen LogP contribution in [0.1, 0.15) is 44.9 Å². The van der Waals surface area contributed by atoms with Crippen LogP contribution in [0.2, 0.25) is 0 Å². The maximum absolute atomic E-state index is 10.1. The second-order valence-electron chi connectivity index (χ2n) is 6.10. The third-order valence-corrected chi connectivity index (χ3v) is 5.01. The summed E-state index contributed by atoms with van der Waals surface area (Å²) < 4.78 is 0. The van der Waals surface area contributed by atoms with E-state index in [4.69, 9.17) is 0 Å². The van der Waals surface area contributed by atoms with Crippen molar-refractivity contribution in [3.8, 4) is 0 Å². The maximum atomic E-state index is 10.1. The molecule has 3 atom stereocenters. The number of aliphatic hydroxyl groups is 1. The predicted octanol–water partition coefficient (Wildman–Crippen LogP) is 1.46. The van der Waals surface area contributed by atoms with Crippen molar-refractivity contribution in [2.75, 3.05) is 26.2 Å². The third-order valence-electron chi connectivity index (χ3n) is 5.01. The fourth-order valence-corrected chi connectivity index (χ4v) is 3.99. The van der Waals surface area contributed by atoms with Gasteiger partial charge in [-0.1, -0.05) is 12.8 Å².